The molecule has 0 fully saturated rings. The number of aromatic nitrogens is 1. The van der Waals surface area contributed by atoms with E-state index in [4.69, 9.17) is 5.11 Å². The number of aliphatic carboxylic acids is 1. The van der Waals surface area contributed by atoms with Gasteiger partial charge in [0.25, 0.3) is 0 Å². The van der Waals surface area contributed by atoms with Crippen LogP contribution in [-0.4, -0.2) is 28.0 Å². The first kappa shape index (κ1) is 15.9. The van der Waals surface area contributed by atoms with E-state index in [9.17, 15) is 22.8 Å². The Hall–Kier alpha value is -2.51. The summed E-state index contributed by atoms with van der Waals surface area (Å²) in [5, 5.41) is 11.8. The van der Waals surface area contributed by atoms with Crippen molar-refractivity contribution in [2.75, 3.05) is 0 Å². The number of benzene rings is 1. The molecule has 1 unspecified atom stereocenters. The lowest BCUT2D eigenvalue weighted by Gasteiger charge is -2.12. The molecule has 0 spiro atoms. The number of carboxylic acids is 1. The summed E-state index contributed by atoms with van der Waals surface area (Å²) in [5.41, 5.74) is -0.00768. The van der Waals surface area contributed by atoms with Gasteiger partial charge in [-0.25, -0.2) is 4.79 Å². The van der Waals surface area contributed by atoms with Crippen molar-refractivity contribution in [2.45, 2.75) is 25.6 Å². The summed E-state index contributed by atoms with van der Waals surface area (Å²) >= 11 is 0. The van der Waals surface area contributed by atoms with Gasteiger partial charge < -0.3 is 15.4 Å². The topological polar surface area (TPSA) is 82.2 Å². The van der Waals surface area contributed by atoms with Crippen LogP contribution in [0.15, 0.2) is 24.4 Å². The zero-order chi connectivity index (χ0) is 16.5. The van der Waals surface area contributed by atoms with Crippen LogP contribution in [-0.2, 0) is 22.2 Å². The fourth-order valence-electron chi connectivity index (χ4n) is 2.20. The average molecular weight is 314 g/mol. The number of amides is 1. The molecule has 2 aromatic rings. The monoisotopic (exact) mass is 314 g/mol. The maximum atomic E-state index is 12.6. The fourth-order valence-corrected chi connectivity index (χ4v) is 2.20. The molecule has 0 saturated heterocycles. The van der Waals surface area contributed by atoms with E-state index in [2.05, 4.69) is 10.3 Å². The summed E-state index contributed by atoms with van der Waals surface area (Å²) in [6.45, 7) is 1.20. The molecule has 1 aromatic carbocycles. The van der Waals surface area contributed by atoms with E-state index < -0.39 is 29.7 Å². The van der Waals surface area contributed by atoms with Gasteiger partial charge >= 0.3 is 12.1 Å². The summed E-state index contributed by atoms with van der Waals surface area (Å²) in [7, 11) is 0. The predicted molar refractivity (Wildman–Crippen MR) is 72.2 cm³/mol. The predicted octanol–water partition coefficient (Wildman–Crippen LogP) is 2.32. The number of alkyl halides is 3. The Labute approximate surface area is 123 Å². The zero-order valence-electron chi connectivity index (χ0n) is 11.5. The summed E-state index contributed by atoms with van der Waals surface area (Å²) in [6, 6.07) is 2.05. The van der Waals surface area contributed by atoms with E-state index in [1.807, 2.05) is 0 Å². The maximum Gasteiger partial charge on any atom is 0.416 e. The third kappa shape index (κ3) is 3.38. The summed E-state index contributed by atoms with van der Waals surface area (Å²) in [5.74, 6) is -1.71. The van der Waals surface area contributed by atoms with E-state index in [0.29, 0.717) is 10.9 Å². The van der Waals surface area contributed by atoms with Gasteiger partial charge in [0.15, 0.2) is 0 Å². The number of fused-ring (bicyclic) bond motifs is 1. The Morgan fingerprint density at radius 1 is 1.36 bits per heavy atom. The largest absolute Gasteiger partial charge is 0.480 e. The van der Waals surface area contributed by atoms with E-state index in [1.54, 1.807) is 0 Å². The molecule has 2 rings (SSSR count). The number of rotatable bonds is 4. The van der Waals surface area contributed by atoms with Crippen LogP contribution in [0.3, 0.4) is 0 Å². The number of nitrogens with one attached hydrogen (secondary N) is 2. The summed E-state index contributed by atoms with van der Waals surface area (Å²) in [4.78, 5) is 24.8. The highest BCUT2D eigenvalue weighted by atomic mass is 19.4. The first-order valence-electron chi connectivity index (χ1n) is 6.35. The normalized spacial score (nSPS) is 13.1. The molecule has 0 bridgehead atoms. The molecule has 0 aliphatic carbocycles. The summed E-state index contributed by atoms with van der Waals surface area (Å²) in [6.07, 6.45) is -3.03. The molecule has 1 atom stereocenters. The summed E-state index contributed by atoms with van der Waals surface area (Å²) < 4.78 is 37.9. The third-order valence-corrected chi connectivity index (χ3v) is 3.19. The molecule has 22 heavy (non-hydrogen) atoms. The highest BCUT2D eigenvalue weighted by Gasteiger charge is 2.31. The average Bonchev–Trinajstić information content (AvgIpc) is 2.79. The standard InChI is InChI=1S/C14H13F3N2O3/c1-7(20)19-12(13(21)22)4-8-6-18-11-5-9(14(15,16)17)2-3-10(8)11/h2-3,5-6,12,18H,4H2,1H3,(H,19,20)(H,21,22). The van der Waals surface area contributed by atoms with Crippen LogP contribution >= 0.6 is 0 Å². The fraction of sp³-hybridized carbons (Fsp3) is 0.286. The minimum atomic E-state index is -4.45. The van der Waals surface area contributed by atoms with Gasteiger partial charge in [0.05, 0.1) is 5.56 Å². The molecule has 1 amide bonds. The number of halogens is 3. The highest BCUT2D eigenvalue weighted by molar-refractivity contribution is 5.86. The Bertz CT molecular complexity index is 722. The molecule has 1 heterocycles. The van der Waals surface area contributed by atoms with Crippen molar-refractivity contribution in [1.82, 2.24) is 10.3 Å². The van der Waals surface area contributed by atoms with Crippen LogP contribution < -0.4 is 5.32 Å². The lowest BCUT2D eigenvalue weighted by atomic mass is 10.0. The van der Waals surface area contributed by atoms with Gasteiger partial charge in [0.1, 0.15) is 6.04 Å². The SMILES string of the molecule is CC(=O)NC(Cc1c[nH]c2cc(C(F)(F)F)ccc12)C(=O)O. The molecule has 118 valence electrons. The smallest absolute Gasteiger partial charge is 0.416 e. The number of carbonyl (C=O) groups is 2. The molecule has 1 aromatic heterocycles. The second kappa shape index (κ2) is 5.70. The second-order valence-corrected chi connectivity index (χ2v) is 4.87. The maximum absolute atomic E-state index is 12.6. The number of carboxylic acid groups (broad SMARTS) is 1. The molecular formula is C14H13F3N2O3. The van der Waals surface area contributed by atoms with E-state index >= 15 is 0 Å². The van der Waals surface area contributed by atoms with Gasteiger partial charge in [0.2, 0.25) is 5.91 Å². The van der Waals surface area contributed by atoms with Gasteiger partial charge in [-0.2, -0.15) is 13.2 Å². The molecule has 5 nitrogen and oxygen atoms in total. The van der Waals surface area contributed by atoms with Crippen LogP contribution in [0.1, 0.15) is 18.1 Å². The molecule has 0 aliphatic rings. The zero-order valence-corrected chi connectivity index (χ0v) is 11.5. The molecule has 3 N–H and O–H groups in total. The number of carbonyl (C=O) groups excluding carboxylic acids is 1. The van der Waals surface area contributed by atoms with Gasteiger partial charge in [-0.1, -0.05) is 6.07 Å². The van der Waals surface area contributed by atoms with Crippen LogP contribution in [0.5, 0.6) is 0 Å². The lowest BCUT2D eigenvalue weighted by Crippen LogP contribution is -2.41. The lowest BCUT2D eigenvalue weighted by molar-refractivity contribution is -0.141. The van der Waals surface area contributed by atoms with Gasteiger partial charge in [-0.05, 0) is 17.7 Å². The Morgan fingerprint density at radius 3 is 2.59 bits per heavy atom. The minimum absolute atomic E-state index is 0.0275. The Balaban J connectivity index is 2.33. The van der Waals surface area contributed by atoms with Gasteiger partial charge in [0, 0.05) is 30.4 Å². The van der Waals surface area contributed by atoms with E-state index in [1.165, 1.54) is 19.2 Å². The first-order chi connectivity index (χ1) is 10.2. The van der Waals surface area contributed by atoms with E-state index in [-0.39, 0.29) is 11.9 Å². The molecule has 8 heteroatoms. The quantitative estimate of drug-likeness (QED) is 0.810. The number of hydrogen-bond donors (Lipinski definition) is 3. The van der Waals surface area contributed by atoms with Gasteiger partial charge in [-0.3, -0.25) is 4.79 Å². The second-order valence-electron chi connectivity index (χ2n) is 4.87. The van der Waals surface area contributed by atoms with Crippen molar-refractivity contribution in [2.24, 2.45) is 0 Å². The number of aromatic amines is 1. The van der Waals surface area contributed by atoms with Crippen LogP contribution in [0, 0.1) is 0 Å². The van der Waals surface area contributed by atoms with Crippen molar-refractivity contribution in [3.05, 3.63) is 35.5 Å². The van der Waals surface area contributed by atoms with Crippen LogP contribution in [0.25, 0.3) is 10.9 Å². The third-order valence-electron chi connectivity index (χ3n) is 3.19. The minimum Gasteiger partial charge on any atom is -0.480 e. The van der Waals surface area contributed by atoms with Crippen molar-refractivity contribution >= 4 is 22.8 Å². The van der Waals surface area contributed by atoms with Crippen molar-refractivity contribution < 1.29 is 27.9 Å². The Kier molecular flexibility index (Phi) is 4.11. The Morgan fingerprint density at radius 2 is 2.05 bits per heavy atom. The number of H-pyrrole nitrogens is 1. The van der Waals surface area contributed by atoms with Crippen molar-refractivity contribution in [3.63, 3.8) is 0 Å². The molecule has 0 saturated carbocycles. The van der Waals surface area contributed by atoms with Crippen LogP contribution in [0.4, 0.5) is 13.2 Å². The van der Waals surface area contributed by atoms with Crippen LogP contribution in [0.2, 0.25) is 0 Å². The molecule has 0 aliphatic heterocycles. The first-order valence-corrected chi connectivity index (χ1v) is 6.35. The van der Waals surface area contributed by atoms with Crippen molar-refractivity contribution in [1.29, 1.82) is 0 Å². The molecule has 0 radical (unpaired) electrons. The van der Waals surface area contributed by atoms with E-state index in [0.717, 1.165) is 12.1 Å². The van der Waals surface area contributed by atoms with Crippen molar-refractivity contribution in [3.8, 4) is 0 Å². The highest BCUT2D eigenvalue weighted by Crippen LogP contribution is 2.32. The number of hydrogen-bond acceptors (Lipinski definition) is 2. The van der Waals surface area contributed by atoms with Gasteiger partial charge in [-0.15, -0.1) is 0 Å². The molecular weight excluding hydrogens is 301 g/mol.